The third-order valence-corrected chi connectivity index (χ3v) is 5.66. The summed E-state index contributed by atoms with van der Waals surface area (Å²) in [6.07, 6.45) is 5.12. The maximum absolute atomic E-state index is 12.2. The molecule has 0 bridgehead atoms. The first-order valence-corrected chi connectivity index (χ1v) is 10.0. The number of carbonyl (C=O) groups is 2. The molecule has 0 atom stereocenters. The smallest absolute Gasteiger partial charge is 0.239 e. The molecule has 1 saturated carbocycles. The highest BCUT2D eigenvalue weighted by molar-refractivity contribution is 7.92. The maximum atomic E-state index is 12.2. The van der Waals surface area contributed by atoms with E-state index in [1.807, 2.05) is 0 Å². The third-order valence-electron chi connectivity index (χ3n) is 4.27. The molecule has 1 aliphatic carbocycles. The molecule has 1 aromatic carbocycles. The molecule has 1 N–H and O–H groups in total. The van der Waals surface area contributed by atoms with Crippen molar-refractivity contribution < 1.29 is 18.0 Å². The quantitative estimate of drug-likeness (QED) is 0.847. The highest BCUT2D eigenvalue weighted by Gasteiger charge is 2.27. The van der Waals surface area contributed by atoms with Crippen LogP contribution in [0.5, 0.6) is 0 Å². The van der Waals surface area contributed by atoms with Gasteiger partial charge in [-0.1, -0.05) is 37.5 Å². The zero-order valence-electron chi connectivity index (χ0n) is 13.9. The van der Waals surface area contributed by atoms with Crippen molar-refractivity contribution in [2.24, 2.45) is 0 Å². The number of benzene rings is 1. The van der Waals surface area contributed by atoms with E-state index in [-0.39, 0.29) is 6.04 Å². The van der Waals surface area contributed by atoms with E-state index in [0.29, 0.717) is 5.69 Å². The summed E-state index contributed by atoms with van der Waals surface area (Å²) >= 11 is 0. The van der Waals surface area contributed by atoms with E-state index >= 15 is 0 Å². The lowest BCUT2D eigenvalue weighted by Gasteiger charge is -2.31. The van der Waals surface area contributed by atoms with Crippen LogP contribution < -0.4 is 5.32 Å². The Bertz CT molecular complexity index is 667. The second-order valence-corrected chi connectivity index (χ2v) is 8.31. The normalized spacial score (nSPS) is 15.7. The molecule has 0 heterocycles. The van der Waals surface area contributed by atoms with Crippen LogP contribution in [-0.4, -0.2) is 49.7 Å². The number of anilines is 1. The van der Waals surface area contributed by atoms with Crippen molar-refractivity contribution in [3.8, 4) is 0 Å². The topological polar surface area (TPSA) is 83.6 Å². The Morgan fingerprint density at radius 2 is 1.71 bits per heavy atom. The van der Waals surface area contributed by atoms with E-state index in [2.05, 4.69) is 5.32 Å². The second-order valence-electron chi connectivity index (χ2n) is 6.24. The summed E-state index contributed by atoms with van der Waals surface area (Å²) in [7, 11) is -2.14. The molecule has 24 heavy (non-hydrogen) atoms. The van der Waals surface area contributed by atoms with Crippen molar-refractivity contribution in [2.45, 2.75) is 38.1 Å². The van der Waals surface area contributed by atoms with Crippen molar-refractivity contribution in [3.05, 3.63) is 30.3 Å². The minimum atomic E-state index is -3.79. The number of carbonyl (C=O) groups excluding carboxylic acids is 2. The van der Waals surface area contributed by atoms with Crippen LogP contribution in [0.4, 0.5) is 5.69 Å². The van der Waals surface area contributed by atoms with Crippen LogP contribution in [0, 0.1) is 0 Å². The van der Waals surface area contributed by atoms with Gasteiger partial charge in [0.1, 0.15) is 11.5 Å². The molecule has 6 nitrogen and oxygen atoms in total. The van der Waals surface area contributed by atoms with E-state index in [9.17, 15) is 18.0 Å². The fourth-order valence-corrected chi connectivity index (χ4v) is 4.08. The molecule has 2 rings (SSSR count). The highest BCUT2D eigenvalue weighted by atomic mass is 32.2. The molecule has 0 aliphatic heterocycles. The minimum Gasteiger partial charge on any atom is -0.342 e. The van der Waals surface area contributed by atoms with E-state index < -0.39 is 33.2 Å². The summed E-state index contributed by atoms with van der Waals surface area (Å²) in [6, 6.07) is 8.74. The first-order chi connectivity index (χ1) is 11.4. The number of sulfone groups is 1. The minimum absolute atomic E-state index is 0.111. The summed E-state index contributed by atoms with van der Waals surface area (Å²) in [5.41, 5.74) is 0.531. The van der Waals surface area contributed by atoms with Gasteiger partial charge in [0.2, 0.25) is 11.8 Å². The van der Waals surface area contributed by atoms with Crippen molar-refractivity contribution in [2.75, 3.05) is 23.9 Å². The lowest BCUT2D eigenvalue weighted by Crippen LogP contribution is -2.42. The molecule has 0 spiro atoms. The van der Waals surface area contributed by atoms with Crippen LogP contribution in [0.2, 0.25) is 0 Å². The molecule has 0 saturated heterocycles. The number of para-hydroxylation sites is 1. The molecule has 132 valence electrons. The average Bonchev–Trinajstić information content (AvgIpc) is 2.54. The zero-order valence-corrected chi connectivity index (χ0v) is 14.7. The number of rotatable bonds is 6. The van der Waals surface area contributed by atoms with Gasteiger partial charge < -0.3 is 10.2 Å². The molecule has 1 aliphatic rings. The Kier molecular flexibility index (Phi) is 6.36. The van der Waals surface area contributed by atoms with Crippen molar-refractivity contribution in [1.82, 2.24) is 4.90 Å². The SMILES string of the molecule is CN(C(=O)CS(=O)(=O)CC(=O)Nc1ccccc1)C1CCCCC1. The van der Waals surface area contributed by atoms with Crippen LogP contribution in [0.3, 0.4) is 0 Å². The van der Waals surface area contributed by atoms with Crippen LogP contribution in [0.1, 0.15) is 32.1 Å². The summed E-state index contributed by atoms with van der Waals surface area (Å²) in [5.74, 6) is -2.38. The van der Waals surface area contributed by atoms with E-state index in [1.165, 1.54) is 4.90 Å². The molecule has 2 amide bonds. The summed E-state index contributed by atoms with van der Waals surface area (Å²) in [5, 5.41) is 2.52. The standard InChI is InChI=1S/C17H24N2O4S/c1-19(15-10-6-3-7-11-15)17(21)13-24(22,23)12-16(20)18-14-8-4-2-5-9-14/h2,4-5,8-9,15H,3,6-7,10-13H2,1H3,(H,18,20). The molecule has 0 aromatic heterocycles. The predicted octanol–water partition coefficient (Wildman–Crippen LogP) is 1.83. The average molecular weight is 352 g/mol. The number of amides is 2. The predicted molar refractivity (Wildman–Crippen MR) is 93.4 cm³/mol. The van der Waals surface area contributed by atoms with Crippen LogP contribution in [-0.2, 0) is 19.4 Å². The lowest BCUT2D eigenvalue weighted by molar-refractivity contribution is -0.129. The molecule has 0 radical (unpaired) electrons. The number of nitrogens with one attached hydrogen (secondary N) is 1. The monoisotopic (exact) mass is 352 g/mol. The Morgan fingerprint density at radius 3 is 2.33 bits per heavy atom. The molecule has 1 fully saturated rings. The van der Waals surface area contributed by atoms with Crippen LogP contribution in [0.15, 0.2) is 30.3 Å². The third kappa shape index (κ3) is 5.63. The van der Waals surface area contributed by atoms with E-state index in [4.69, 9.17) is 0 Å². The largest absolute Gasteiger partial charge is 0.342 e. The van der Waals surface area contributed by atoms with Gasteiger partial charge in [0.25, 0.3) is 0 Å². The first kappa shape index (κ1) is 18.4. The van der Waals surface area contributed by atoms with E-state index in [1.54, 1.807) is 37.4 Å². The van der Waals surface area contributed by atoms with Crippen molar-refractivity contribution in [1.29, 1.82) is 0 Å². The van der Waals surface area contributed by atoms with Gasteiger partial charge in [-0.3, -0.25) is 9.59 Å². The lowest BCUT2D eigenvalue weighted by atomic mass is 9.94. The second kappa shape index (κ2) is 8.28. The van der Waals surface area contributed by atoms with Gasteiger partial charge in [-0.15, -0.1) is 0 Å². The molecule has 1 aromatic rings. The van der Waals surface area contributed by atoms with Crippen LogP contribution in [0.25, 0.3) is 0 Å². The van der Waals surface area contributed by atoms with Gasteiger partial charge in [0.15, 0.2) is 9.84 Å². The maximum Gasteiger partial charge on any atom is 0.239 e. The fraction of sp³-hybridized carbons (Fsp3) is 0.529. The van der Waals surface area contributed by atoms with Crippen molar-refractivity contribution >= 4 is 27.3 Å². The number of hydrogen-bond acceptors (Lipinski definition) is 4. The van der Waals surface area contributed by atoms with Gasteiger partial charge in [-0.05, 0) is 25.0 Å². The Morgan fingerprint density at radius 1 is 1.08 bits per heavy atom. The summed E-state index contributed by atoms with van der Waals surface area (Å²) in [4.78, 5) is 25.6. The van der Waals surface area contributed by atoms with Gasteiger partial charge in [-0.25, -0.2) is 8.42 Å². The Balaban J connectivity index is 1.87. The van der Waals surface area contributed by atoms with Crippen molar-refractivity contribution in [3.63, 3.8) is 0 Å². The number of hydrogen-bond donors (Lipinski definition) is 1. The number of nitrogens with zero attached hydrogens (tertiary/aromatic N) is 1. The van der Waals surface area contributed by atoms with Gasteiger partial charge in [0, 0.05) is 18.8 Å². The van der Waals surface area contributed by atoms with Gasteiger partial charge in [-0.2, -0.15) is 0 Å². The van der Waals surface area contributed by atoms with Gasteiger partial charge in [0.05, 0.1) is 0 Å². The molecular formula is C17H24N2O4S. The first-order valence-electron chi connectivity index (χ1n) is 8.18. The Hall–Kier alpha value is -1.89. The summed E-state index contributed by atoms with van der Waals surface area (Å²) in [6.45, 7) is 0. The van der Waals surface area contributed by atoms with E-state index in [0.717, 1.165) is 32.1 Å². The zero-order chi connectivity index (χ0) is 17.6. The highest BCUT2D eigenvalue weighted by Crippen LogP contribution is 2.21. The molecule has 0 unspecified atom stereocenters. The van der Waals surface area contributed by atoms with Crippen LogP contribution >= 0.6 is 0 Å². The van der Waals surface area contributed by atoms with Gasteiger partial charge >= 0.3 is 0 Å². The molecule has 7 heteroatoms. The fourth-order valence-electron chi connectivity index (χ4n) is 2.93. The Labute approximate surface area is 143 Å². The molecular weight excluding hydrogens is 328 g/mol. The summed E-state index contributed by atoms with van der Waals surface area (Å²) < 4.78 is 24.2.